The van der Waals surface area contributed by atoms with Crippen molar-refractivity contribution in [2.45, 2.75) is 6.92 Å². The molecular formula is C15H14N4O2. The zero-order chi connectivity index (χ0) is 14.7. The third-order valence-corrected chi connectivity index (χ3v) is 3.05. The normalized spacial score (nSPS) is 10.5. The van der Waals surface area contributed by atoms with Gasteiger partial charge in [-0.25, -0.2) is 4.79 Å². The lowest BCUT2D eigenvalue weighted by Gasteiger charge is -1.98. The quantitative estimate of drug-likeness (QED) is 0.720. The van der Waals surface area contributed by atoms with Gasteiger partial charge in [0.05, 0.1) is 6.61 Å². The molecule has 0 saturated carbocycles. The largest absolute Gasteiger partial charge is 0.461 e. The van der Waals surface area contributed by atoms with Crippen molar-refractivity contribution in [2.24, 2.45) is 0 Å². The number of nitrogens with zero attached hydrogens (tertiary/aromatic N) is 2. The van der Waals surface area contributed by atoms with Crippen LogP contribution in [0.25, 0.3) is 22.5 Å². The van der Waals surface area contributed by atoms with Crippen molar-refractivity contribution in [2.75, 3.05) is 6.61 Å². The average molecular weight is 282 g/mol. The van der Waals surface area contributed by atoms with Gasteiger partial charge in [-0.1, -0.05) is 30.3 Å². The Hall–Kier alpha value is -2.89. The van der Waals surface area contributed by atoms with Crippen LogP contribution in [-0.2, 0) is 4.74 Å². The molecule has 0 spiro atoms. The number of carbonyl (C=O) groups excluding carboxylic acids is 1. The summed E-state index contributed by atoms with van der Waals surface area (Å²) in [7, 11) is 0. The van der Waals surface area contributed by atoms with Crippen LogP contribution in [-0.4, -0.2) is 33.0 Å². The highest BCUT2D eigenvalue weighted by Gasteiger charge is 2.16. The van der Waals surface area contributed by atoms with Crippen molar-refractivity contribution in [1.82, 2.24) is 20.4 Å². The van der Waals surface area contributed by atoms with Crippen LogP contribution in [0.3, 0.4) is 0 Å². The minimum atomic E-state index is -0.381. The second kappa shape index (κ2) is 5.62. The predicted octanol–water partition coefficient (Wildman–Crippen LogP) is 2.64. The fourth-order valence-electron chi connectivity index (χ4n) is 2.09. The molecule has 2 N–H and O–H groups in total. The predicted molar refractivity (Wildman–Crippen MR) is 77.6 cm³/mol. The second-order valence-corrected chi connectivity index (χ2v) is 4.41. The lowest BCUT2D eigenvalue weighted by molar-refractivity contribution is 0.0520. The smallest absolute Gasteiger partial charge is 0.354 e. The summed E-state index contributed by atoms with van der Waals surface area (Å²) in [6.07, 6.45) is 1.72. The van der Waals surface area contributed by atoms with E-state index in [0.29, 0.717) is 18.0 Å². The first-order chi connectivity index (χ1) is 10.3. The van der Waals surface area contributed by atoms with Gasteiger partial charge in [0, 0.05) is 17.3 Å². The molecule has 6 nitrogen and oxygen atoms in total. The zero-order valence-electron chi connectivity index (χ0n) is 11.5. The highest BCUT2D eigenvalue weighted by atomic mass is 16.5. The van der Waals surface area contributed by atoms with E-state index in [4.69, 9.17) is 4.74 Å². The molecule has 3 aromatic rings. The van der Waals surface area contributed by atoms with Crippen LogP contribution in [0.15, 0.2) is 42.6 Å². The van der Waals surface area contributed by atoms with Crippen LogP contribution in [0.4, 0.5) is 0 Å². The molecule has 21 heavy (non-hydrogen) atoms. The van der Waals surface area contributed by atoms with E-state index in [1.54, 1.807) is 19.2 Å². The number of ether oxygens (including phenoxy) is 1. The number of nitrogens with one attached hydrogen (secondary N) is 2. The summed E-state index contributed by atoms with van der Waals surface area (Å²) in [6, 6.07) is 11.4. The molecule has 0 bridgehead atoms. The maximum absolute atomic E-state index is 11.7. The number of aromatic amines is 2. The van der Waals surface area contributed by atoms with E-state index in [1.165, 1.54) is 0 Å². The summed E-state index contributed by atoms with van der Waals surface area (Å²) in [5.41, 5.74) is 3.57. The molecule has 0 saturated heterocycles. The molecule has 2 heterocycles. The minimum Gasteiger partial charge on any atom is -0.461 e. The van der Waals surface area contributed by atoms with Gasteiger partial charge in [-0.2, -0.15) is 15.4 Å². The van der Waals surface area contributed by atoms with Crippen LogP contribution >= 0.6 is 0 Å². The maximum atomic E-state index is 11.7. The molecule has 0 amide bonds. The van der Waals surface area contributed by atoms with Gasteiger partial charge in [0.2, 0.25) is 0 Å². The summed E-state index contributed by atoms with van der Waals surface area (Å²) >= 11 is 0. The summed E-state index contributed by atoms with van der Waals surface area (Å²) in [5.74, 6) is -0.381. The Kier molecular flexibility index (Phi) is 3.51. The van der Waals surface area contributed by atoms with Crippen molar-refractivity contribution in [3.05, 3.63) is 48.3 Å². The van der Waals surface area contributed by atoms with Crippen LogP contribution in [0, 0.1) is 0 Å². The molecule has 106 valence electrons. The minimum absolute atomic E-state index is 0.340. The molecule has 1 aromatic carbocycles. The van der Waals surface area contributed by atoms with E-state index in [9.17, 15) is 4.79 Å². The van der Waals surface area contributed by atoms with E-state index in [2.05, 4.69) is 20.4 Å². The molecule has 0 atom stereocenters. The SMILES string of the molecule is CCOC(=O)c1cc(-c2n[nH]nc2-c2ccccc2)c[nH]1. The molecule has 0 aliphatic rings. The number of carbonyl (C=O) groups is 1. The van der Waals surface area contributed by atoms with Gasteiger partial charge in [0.25, 0.3) is 0 Å². The Bertz CT molecular complexity index is 746. The van der Waals surface area contributed by atoms with Crippen molar-refractivity contribution >= 4 is 5.97 Å². The van der Waals surface area contributed by atoms with Crippen molar-refractivity contribution in [3.63, 3.8) is 0 Å². The molecule has 3 rings (SSSR count). The summed E-state index contributed by atoms with van der Waals surface area (Å²) in [4.78, 5) is 14.6. The van der Waals surface area contributed by atoms with E-state index in [0.717, 1.165) is 16.8 Å². The van der Waals surface area contributed by atoms with Gasteiger partial charge in [0.1, 0.15) is 17.1 Å². The molecular weight excluding hydrogens is 268 g/mol. The third kappa shape index (κ3) is 2.55. The topological polar surface area (TPSA) is 83.7 Å². The molecule has 0 unspecified atom stereocenters. The van der Waals surface area contributed by atoms with E-state index >= 15 is 0 Å². The molecule has 6 heteroatoms. The number of hydrogen-bond acceptors (Lipinski definition) is 4. The van der Waals surface area contributed by atoms with Crippen LogP contribution < -0.4 is 0 Å². The number of H-pyrrole nitrogens is 2. The molecule has 0 aliphatic carbocycles. The van der Waals surface area contributed by atoms with E-state index < -0.39 is 0 Å². The maximum Gasteiger partial charge on any atom is 0.354 e. The first-order valence-corrected chi connectivity index (χ1v) is 6.61. The van der Waals surface area contributed by atoms with E-state index in [-0.39, 0.29) is 5.97 Å². The Morgan fingerprint density at radius 3 is 2.57 bits per heavy atom. The van der Waals surface area contributed by atoms with Gasteiger partial charge in [-0.3, -0.25) is 0 Å². The summed E-state index contributed by atoms with van der Waals surface area (Å²) in [6.45, 7) is 2.11. The van der Waals surface area contributed by atoms with Crippen molar-refractivity contribution < 1.29 is 9.53 Å². The molecule has 0 aliphatic heterocycles. The first kappa shape index (κ1) is 13.1. The van der Waals surface area contributed by atoms with Crippen LogP contribution in [0.2, 0.25) is 0 Å². The van der Waals surface area contributed by atoms with Gasteiger partial charge in [-0.05, 0) is 13.0 Å². The Morgan fingerprint density at radius 1 is 1.14 bits per heavy atom. The number of hydrogen-bond donors (Lipinski definition) is 2. The van der Waals surface area contributed by atoms with Crippen molar-refractivity contribution in [3.8, 4) is 22.5 Å². The molecule has 2 aromatic heterocycles. The number of esters is 1. The third-order valence-electron chi connectivity index (χ3n) is 3.05. The zero-order valence-corrected chi connectivity index (χ0v) is 11.5. The monoisotopic (exact) mass is 282 g/mol. The lowest BCUT2D eigenvalue weighted by Crippen LogP contribution is -2.04. The van der Waals surface area contributed by atoms with Crippen molar-refractivity contribution in [1.29, 1.82) is 0 Å². The van der Waals surface area contributed by atoms with Gasteiger partial charge >= 0.3 is 5.97 Å². The fraction of sp³-hybridized carbons (Fsp3) is 0.133. The summed E-state index contributed by atoms with van der Waals surface area (Å²) in [5, 5.41) is 11.0. The average Bonchev–Trinajstić information content (AvgIpc) is 3.17. The fourth-order valence-corrected chi connectivity index (χ4v) is 2.09. The lowest BCUT2D eigenvalue weighted by atomic mass is 10.1. The van der Waals surface area contributed by atoms with Crippen LogP contribution in [0.1, 0.15) is 17.4 Å². The highest BCUT2D eigenvalue weighted by molar-refractivity contribution is 5.90. The van der Waals surface area contributed by atoms with Crippen LogP contribution in [0.5, 0.6) is 0 Å². The summed E-state index contributed by atoms with van der Waals surface area (Å²) < 4.78 is 4.96. The van der Waals surface area contributed by atoms with Gasteiger partial charge in [-0.15, -0.1) is 0 Å². The first-order valence-electron chi connectivity index (χ1n) is 6.61. The molecule has 0 fully saturated rings. The van der Waals surface area contributed by atoms with Gasteiger partial charge < -0.3 is 9.72 Å². The standard InChI is InChI=1S/C15H14N4O2/c1-2-21-15(20)12-8-11(9-16-12)14-13(17-19-18-14)10-6-4-3-5-7-10/h3-9,16H,2H2,1H3,(H,17,18,19). The second-order valence-electron chi connectivity index (χ2n) is 4.41. The number of aromatic nitrogens is 4. The number of benzene rings is 1. The Balaban J connectivity index is 1.96. The Morgan fingerprint density at radius 2 is 1.86 bits per heavy atom. The Labute approximate surface area is 121 Å². The van der Waals surface area contributed by atoms with E-state index in [1.807, 2.05) is 30.3 Å². The highest BCUT2D eigenvalue weighted by Crippen LogP contribution is 2.28. The number of rotatable bonds is 4. The molecule has 0 radical (unpaired) electrons. The van der Waals surface area contributed by atoms with Gasteiger partial charge in [0.15, 0.2) is 0 Å².